The second kappa shape index (κ2) is 6.38. The number of pyridine rings is 1. The average molecular weight is 249 g/mol. The molecule has 0 saturated heterocycles. The van der Waals surface area contributed by atoms with Crippen molar-refractivity contribution in [3.63, 3.8) is 0 Å². The summed E-state index contributed by atoms with van der Waals surface area (Å²) in [6.07, 6.45) is 1.03. The van der Waals surface area contributed by atoms with E-state index in [1.54, 1.807) is 6.07 Å². The fourth-order valence-corrected chi connectivity index (χ4v) is 1.35. The Balaban J connectivity index is 2.62. The van der Waals surface area contributed by atoms with Crippen molar-refractivity contribution in [2.24, 2.45) is 5.41 Å². The van der Waals surface area contributed by atoms with Crippen LogP contribution in [0.2, 0.25) is 0 Å². The van der Waals surface area contributed by atoms with E-state index in [2.05, 4.69) is 43.3 Å². The zero-order chi connectivity index (χ0) is 13.6. The lowest BCUT2D eigenvalue weighted by atomic mass is 9.97. The molecule has 1 aromatic rings. The van der Waals surface area contributed by atoms with Gasteiger partial charge in [-0.2, -0.15) is 0 Å². The van der Waals surface area contributed by atoms with Crippen LogP contribution in [-0.2, 0) is 0 Å². The minimum atomic E-state index is -0.120. The SMILES string of the molecule is CCCNc1cccc(C(=O)NCC(C)(C)C)n1. The molecule has 0 aliphatic heterocycles. The van der Waals surface area contributed by atoms with Crippen LogP contribution in [0, 0.1) is 5.41 Å². The number of hydrogen-bond acceptors (Lipinski definition) is 3. The van der Waals surface area contributed by atoms with Gasteiger partial charge in [0.05, 0.1) is 0 Å². The summed E-state index contributed by atoms with van der Waals surface area (Å²) in [5, 5.41) is 6.06. The van der Waals surface area contributed by atoms with Crippen LogP contribution in [0.4, 0.5) is 5.82 Å². The first-order valence-electron chi connectivity index (χ1n) is 6.41. The van der Waals surface area contributed by atoms with Gasteiger partial charge in [0.25, 0.3) is 5.91 Å². The molecule has 1 amide bonds. The van der Waals surface area contributed by atoms with Gasteiger partial charge in [0, 0.05) is 13.1 Å². The largest absolute Gasteiger partial charge is 0.370 e. The van der Waals surface area contributed by atoms with E-state index in [-0.39, 0.29) is 11.3 Å². The molecule has 0 fully saturated rings. The summed E-state index contributed by atoms with van der Waals surface area (Å²) in [6.45, 7) is 9.84. The zero-order valence-electron chi connectivity index (χ0n) is 11.7. The van der Waals surface area contributed by atoms with Gasteiger partial charge in [0.15, 0.2) is 0 Å². The highest BCUT2D eigenvalue weighted by Crippen LogP contribution is 2.11. The molecule has 2 N–H and O–H groups in total. The van der Waals surface area contributed by atoms with Gasteiger partial charge in [-0.05, 0) is 24.0 Å². The molecule has 0 saturated carbocycles. The van der Waals surface area contributed by atoms with E-state index in [9.17, 15) is 4.79 Å². The van der Waals surface area contributed by atoms with Crippen molar-refractivity contribution in [3.05, 3.63) is 23.9 Å². The summed E-state index contributed by atoms with van der Waals surface area (Å²) in [5.74, 6) is 0.630. The number of aromatic nitrogens is 1. The van der Waals surface area contributed by atoms with Crippen LogP contribution < -0.4 is 10.6 Å². The number of amides is 1. The Kier molecular flexibility index (Phi) is 5.13. The fourth-order valence-electron chi connectivity index (χ4n) is 1.35. The summed E-state index contributed by atoms with van der Waals surface area (Å²) < 4.78 is 0. The van der Waals surface area contributed by atoms with Gasteiger partial charge in [-0.3, -0.25) is 4.79 Å². The Labute approximate surface area is 109 Å². The van der Waals surface area contributed by atoms with E-state index < -0.39 is 0 Å². The maximum atomic E-state index is 11.9. The van der Waals surface area contributed by atoms with Gasteiger partial charge < -0.3 is 10.6 Å². The molecule has 100 valence electrons. The summed E-state index contributed by atoms with van der Waals surface area (Å²) >= 11 is 0. The molecular formula is C14H23N3O. The third-order valence-corrected chi connectivity index (χ3v) is 2.32. The van der Waals surface area contributed by atoms with Gasteiger partial charge in [0.2, 0.25) is 0 Å². The molecule has 0 aliphatic carbocycles. The van der Waals surface area contributed by atoms with Crippen LogP contribution in [0.15, 0.2) is 18.2 Å². The number of nitrogens with zero attached hydrogens (tertiary/aromatic N) is 1. The van der Waals surface area contributed by atoms with Crippen LogP contribution >= 0.6 is 0 Å². The topological polar surface area (TPSA) is 54.0 Å². The number of anilines is 1. The van der Waals surface area contributed by atoms with E-state index in [1.165, 1.54) is 0 Å². The smallest absolute Gasteiger partial charge is 0.269 e. The van der Waals surface area contributed by atoms with Crippen molar-refractivity contribution in [2.75, 3.05) is 18.4 Å². The summed E-state index contributed by atoms with van der Waals surface area (Å²) in [6, 6.07) is 5.45. The Morgan fingerprint density at radius 1 is 1.33 bits per heavy atom. The lowest BCUT2D eigenvalue weighted by molar-refractivity contribution is 0.0934. The maximum absolute atomic E-state index is 11.9. The van der Waals surface area contributed by atoms with E-state index in [1.807, 2.05) is 12.1 Å². The predicted molar refractivity (Wildman–Crippen MR) is 74.8 cm³/mol. The number of carbonyl (C=O) groups is 1. The molecule has 0 spiro atoms. The van der Waals surface area contributed by atoms with E-state index >= 15 is 0 Å². The van der Waals surface area contributed by atoms with E-state index in [4.69, 9.17) is 0 Å². The zero-order valence-corrected chi connectivity index (χ0v) is 11.7. The molecule has 0 radical (unpaired) electrons. The molecule has 4 nitrogen and oxygen atoms in total. The second-order valence-corrected chi connectivity index (χ2v) is 5.58. The van der Waals surface area contributed by atoms with Crippen molar-refractivity contribution >= 4 is 11.7 Å². The summed E-state index contributed by atoms with van der Waals surface area (Å²) in [4.78, 5) is 16.2. The van der Waals surface area contributed by atoms with Crippen LogP contribution in [0.3, 0.4) is 0 Å². The average Bonchev–Trinajstić information content (AvgIpc) is 2.33. The highest BCUT2D eigenvalue weighted by Gasteiger charge is 2.13. The Hall–Kier alpha value is -1.58. The Morgan fingerprint density at radius 2 is 2.06 bits per heavy atom. The number of hydrogen-bond donors (Lipinski definition) is 2. The van der Waals surface area contributed by atoms with Crippen molar-refractivity contribution < 1.29 is 4.79 Å². The van der Waals surface area contributed by atoms with Gasteiger partial charge in [-0.25, -0.2) is 4.98 Å². The normalized spacial score (nSPS) is 11.1. The highest BCUT2D eigenvalue weighted by molar-refractivity contribution is 5.92. The van der Waals surface area contributed by atoms with Gasteiger partial charge >= 0.3 is 0 Å². The monoisotopic (exact) mass is 249 g/mol. The van der Waals surface area contributed by atoms with E-state index in [0.29, 0.717) is 12.2 Å². The Morgan fingerprint density at radius 3 is 2.67 bits per heavy atom. The molecule has 1 rings (SSSR count). The Bertz CT molecular complexity index is 396. The van der Waals surface area contributed by atoms with Crippen LogP contribution in [0.5, 0.6) is 0 Å². The second-order valence-electron chi connectivity index (χ2n) is 5.58. The molecule has 0 bridgehead atoms. The minimum Gasteiger partial charge on any atom is -0.370 e. The van der Waals surface area contributed by atoms with Crippen molar-refractivity contribution in [2.45, 2.75) is 34.1 Å². The fraction of sp³-hybridized carbons (Fsp3) is 0.571. The molecule has 0 aliphatic rings. The van der Waals surface area contributed by atoms with Gasteiger partial charge in [-0.15, -0.1) is 0 Å². The molecule has 1 heterocycles. The van der Waals surface area contributed by atoms with Crippen LogP contribution in [-0.4, -0.2) is 24.0 Å². The highest BCUT2D eigenvalue weighted by atomic mass is 16.1. The van der Waals surface area contributed by atoms with Crippen molar-refractivity contribution in [3.8, 4) is 0 Å². The van der Waals surface area contributed by atoms with Crippen LogP contribution in [0.25, 0.3) is 0 Å². The number of carbonyl (C=O) groups excluding carboxylic acids is 1. The molecule has 4 heteroatoms. The summed E-state index contributed by atoms with van der Waals surface area (Å²) in [7, 11) is 0. The lowest BCUT2D eigenvalue weighted by Gasteiger charge is -2.18. The number of nitrogens with one attached hydrogen (secondary N) is 2. The molecular weight excluding hydrogens is 226 g/mol. The molecule has 0 atom stereocenters. The summed E-state index contributed by atoms with van der Waals surface area (Å²) in [5.41, 5.74) is 0.536. The molecule has 0 unspecified atom stereocenters. The first kappa shape index (κ1) is 14.5. The third kappa shape index (κ3) is 5.17. The molecule has 0 aromatic carbocycles. The third-order valence-electron chi connectivity index (χ3n) is 2.32. The molecule has 1 aromatic heterocycles. The van der Waals surface area contributed by atoms with Gasteiger partial charge in [0.1, 0.15) is 11.5 Å². The van der Waals surface area contributed by atoms with Crippen LogP contribution in [0.1, 0.15) is 44.6 Å². The molecule has 18 heavy (non-hydrogen) atoms. The standard InChI is InChI=1S/C14H23N3O/c1-5-9-15-12-8-6-7-11(17-12)13(18)16-10-14(2,3)4/h6-8H,5,9-10H2,1-4H3,(H,15,17)(H,16,18). The van der Waals surface area contributed by atoms with E-state index in [0.717, 1.165) is 18.8 Å². The first-order valence-corrected chi connectivity index (χ1v) is 6.41. The minimum absolute atomic E-state index is 0.0771. The maximum Gasteiger partial charge on any atom is 0.269 e. The predicted octanol–water partition coefficient (Wildman–Crippen LogP) is 2.68. The van der Waals surface area contributed by atoms with Crippen molar-refractivity contribution in [1.29, 1.82) is 0 Å². The lowest BCUT2D eigenvalue weighted by Crippen LogP contribution is -2.32. The first-order chi connectivity index (χ1) is 8.42. The van der Waals surface area contributed by atoms with Crippen molar-refractivity contribution in [1.82, 2.24) is 10.3 Å². The number of rotatable bonds is 5. The van der Waals surface area contributed by atoms with Gasteiger partial charge in [-0.1, -0.05) is 33.8 Å². The quantitative estimate of drug-likeness (QED) is 0.843.